The highest BCUT2D eigenvalue weighted by Crippen LogP contribution is 2.14. The van der Waals surface area contributed by atoms with Crippen molar-refractivity contribution in [2.45, 2.75) is 32.7 Å². The lowest BCUT2D eigenvalue weighted by molar-refractivity contribution is -0.139. The number of urea groups is 1. The molecule has 2 amide bonds. The second kappa shape index (κ2) is 6.78. The van der Waals surface area contributed by atoms with E-state index in [2.05, 4.69) is 12.2 Å². The molecule has 0 saturated heterocycles. The van der Waals surface area contributed by atoms with E-state index in [1.807, 2.05) is 24.3 Å². The Morgan fingerprint density at radius 2 is 1.84 bits per heavy atom. The fraction of sp³-hybridized carbons (Fsp3) is 0.429. The summed E-state index contributed by atoms with van der Waals surface area (Å²) in [5.41, 5.74) is 1.92. The normalized spacial score (nSPS) is 11.7. The Labute approximate surface area is 113 Å². The van der Waals surface area contributed by atoms with Gasteiger partial charge in [0.15, 0.2) is 0 Å². The molecule has 0 fully saturated rings. The molecule has 0 bridgehead atoms. The van der Waals surface area contributed by atoms with Crippen molar-refractivity contribution in [3.63, 3.8) is 0 Å². The van der Waals surface area contributed by atoms with Crippen LogP contribution >= 0.6 is 0 Å². The van der Waals surface area contributed by atoms with Crippen LogP contribution in [0.25, 0.3) is 0 Å². The first-order chi connectivity index (χ1) is 8.99. The molecule has 1 atom stereocenters. The number of anilines is 1. The third-order valence-electron chi connectivity index (χ3n) is 3.04. The third kappa shape index (κ3) is 3.98. The molecule has 19 heavy (non-hydrogen) atoms. The van der Waals surface area contributed by atoms with Gasteiger partial charge in [-0.05, 0) is 30.5 Å². The predicted octanol–water partition coefficient (Wildman–Crippen LogP) is 2.26. The Bertz CT molecular complexity index is 443. The molecule has 104 valence electrons. The van der Waals surface area contributed by atoms with Crippen molar-refractivity contribution in [3.05, 3.63) is 29.8 Å². The number of hydrogen-bond acceptors (Lipinski definition) is 2. The zero-order valence-electron chi connectivity index (χ0n) is 11.5. The average Bonchev–Trinajstić information content (AvgIpc) is 2.43. The lowest BCUT2D eigenvalue weighted by atomic mass is 10.1. The van der Waals surface area contributed by atoms with Crippen LogP contribution in [0.15, 0.2) is 24.3 Å². The fourth-order valence-corrected chi connectivity index (χ4v) is 1.66. The molecule has 0 aromatic heterocycles. The second-order valence-electron chi connectivity index (χ2n) is 4.33. The summed E-state index contributed by atoms with van der Waals surface area (Å²) in [6.45, 7) is 3.78. The van der Waals surface area contributed by atoms with Crippen LogP contribution in [0.4, 0.5) is 10.5 Å². The SMILES string of the molecule is CCc1ccc(N(C)C(=O)N[C@H](CC)C(=O)O)cc1. The van der Waals surface area contributed by atoms with Crippen LogP contribution in [0.5, 0.6) is 0 Å². The molecule has 0 aliphatic heterocycles. The Morgan fingerprint density at radius 3 is 2.26 bits per heavy atom. The topological polar surface area (TPSA) is 69.6 Å². The van der Waals surface area contributed by atoms with E-state index in [4.69, 9.17) is 5.11 Å². The molecule has 0 saturated carbocycles. The van der Waals surface area contributed by atoms with Gasteiger partial charge < -0.3 is 10.4 Å². The number of nitrogens with one attached hydrogen (secondary N) is 1. The standard InChI is InChI=1S/C14H20N2O3/c1-4-10-6-8-11(9-7-10)16(3)14(19)15-12(5-2)13(17)18/h6-9,12H,4-5H2,1-3H3,(H,15,19)(H,17,18)/t12-/m1/s1. The van der Waals surface area contributed by atoms with E-state index in [0.29, 0.717) is 6.42 Å². The molecule has 5 heteroatoms. The summed E-state index contributed by atoms with van der Waals surface area (Å²) in [6, 6.07) is 6.32. The summed E-state index contributed by atoms with van der Waals surface area (Å²) < 4.78 is 0. The smallest absolute Gasteiger partial charge is 0.326 e. The van der Waals surface area contributed by atoms with Gasteiger partial charge in [-0.2, -0.15) is 0 Å². The highest BCUT2D eigenvalue weighted by atomic mass is 16.4. The number of hydrogen-bond donors (Lipinski definition) is 2. The first kappa shape index (κ1) is 15.0. The minimum atomic E-state index is -1.02. The molecule has 1 aromatic rings. The maximum absolute atomic E-state index is 11.9. The van der Waals surface area contributed by atoms with Crippen LogP contribution in [-0.4, -0.2) is 30.2 Å². The van der Waals surface area contributed by atoms with Gasteiger partial charge in [0, 0.05) is 12.7 Å². The van der Waals surface area contributed by atoms with Gasteiger partial charge in [-0.15, -0.1) is 0 Å². The minimum Gasteiger partial charge on any atom is -0.480 e. The molecule has 2 N–H and O–H groups in total. The van der Waals surface area contributed by atoms with Gasteiger partial charge in [0.2, 0.25) is 0 Å². The van der Waals surface area contributed by atoms with Crippen LogP contribution < -0.4 is 10.2 Å². The van der Waals surface area contributed by atoms with Crippen molar-refractivity contribution in [3.8, 4) is 0 Å². The third-order valence-corrected chi connectivity index (χ3v) is 3.04. The molecule has 0 spiro atoms. The van der Waals surface area contributed by atoms with Crippen molar-refractivity contribution < 1.29 is 14.7 Å². The summed E-state index contributed by atoms with van der Waals surface area (Å²) in [5.74, 6) is -1.02. The van der Waals surface area contributed by atoms with Crippen molar-refractivity contribution in [2.75, 3.05) is 11.9 Å². The summed E-state index contributed by atoms with van der Waals surface area (Å²) in [4.78, 5) is 24.2. The van der Waals surface area contributed by atoms with Crippen molar-refractivity contribution in [1.29, 1.82) is 0 Å². The number of nitrogens with zero attached hydrogens (tertiary/aromatic N) is 1. The monoisotopic (exact) mass is 264 g/mol. The van der Waals surface area contributed by atoms with Gasteiger partial charge >= 0.3 is 12.0 Å². The lowest BCUT2D eigenvalue weighted by Crippen LogP contribution is -2.46. The number of aliphatic carboxylic acids is 1. The number of carboxylic acids is 1. The fourth-order valence-electron chi connectivity index (χ4n) is 1.66. The Hall–Kier alpha value is -2.04. The summed E-state index contributed by atoms with van der Waals surface area (Å²) in [5, 5.41) is 11.4. The Balaban J connectivity index is 2.72. The molecule has 0 aliphatic carbocycles. The highest BCUT2D eigenvalue weighted by Gasteiger charge is 2.20. The van der Waals surface area contributed by atoms with Crippen LogP contribution in [0.2, 0.25) is 0 Å². The van der Waals surface area contributed by atoms with Crippen LogP contribution in [-0.2, 0) is 11.2 Å². The summed E-state index contributed by atoms with van der Waals surface area (Å²) in [6.07, 6.45) is 1.29. The van der Waals surface area contributed by atoms with Gasteiger partial charge in [0.25, 0.3) is 0 Å². The van der Waals surface area contributed by atoms with E-state index in [0.717, 1.165) is 12.1 Å². The summed E-state index contributed by atoms with van der Waals surface area (Å²) >= 11 is 0. The van der Waals surface area contributed by atoms with E-state index in [-0.39, 0.29) is 0 Å². The van der Waals surface area contributed by atoms with E-state index in [1.165, 1.54) is 10.5 Å². The zero-order chi connectivity index (χ0) is 14.4. The van der Waals surface area contributed by atoms with Crippen LogP contribution in [0, 0.1) is 0 Å². The highest BCUT2D eigenvalue weighted by molar-refractivity contribution is 5.93. The van der Waals surface area contributed by atoms with E-state index >= 15 is 0 Å². The van der Waals surface area contributed by atoms with E-state index in [1.54, 1.807) is 14.0 Å². The molecule has 0 aliphatic rings. The lowest BCUT2D eigenvalue weighted by Gasteiger charge is -2.21. The Morgan fingerprint density at radius 1 is 1.26 bits per heavy atom. The number of carbonyl (C=O) groups excluding carboxylic acids is 1. The van der Waals surface area contributed by atoms with Gasteiger partial charge in [-0.25, -0.2) is 9.59 Å². The molecule has 0 heterocycles. The van der Waals surface area contributed by atoms with Gasteiger partial charge in [-0.1, -0.05) is 26.0 Å². The molecule has 1 aromatic carbocycles. The molecule has 1 rings (SSSR count). The number of carbonyl (C=O) groups is 2. The zero-order valence-corrected chi connectivity index (χ0v) is 11.5. The van der Waals surface area contributed by atoms with Crippen molar-refractivity contribution in [1.82, 2.24) is 5.32 Å². The number of benzene rings is 1. The number of rotatable bonds is 5. The van der Waals surface area contributed by atoms with E-state index in [9.17, 15) is 9.59 Å². The molecular weight excluding hydrogens is 244 g/mol. The average molecular weight is 264 g/mol. The first-order valence-corrected chi connectivity index (χ1v) is 6.35. The van der Waals surface area contributed by atoms with Crippen molar-refractivity contribution >= 4 is 17.7 Å². The predicted molar refractivity (Wildman–Crippen MR) is 74.5 cm³/mol. The number of aryl methyl sites for hydroxylation is 1. The minimum absolute atomic E-state index is 0.351. The second-order valence-corrected chi connectivity index (χ2v) is 4.33. The van der Waals surface area contributed by atoms with Crippen LogP contribution in [0.1, 0.15) is 25.8 Å². The number of carboxylic acid groups (broad SMARTS) is 1. The largest absolute Gasteiger partial charge is 0.480 e. The maximum atomic E-state index is 11.9. The van der Waals surface area contributed by atoms with Gasteiger partial charge in [-0.3, -0.25) is 4.90 Å². The van der Waals surface area contributed by atoms with Gasteiger partial charge in [0.05, 0.1) is 0 Å². The first-order valence-electron chi connectivity index (χ1n) is 6.35. The maximum Gasteiger partial charge on any atom is 0.326 e. The molecule has 0 radical (unpaired) electrons. The summed E-state index contributed by atoms with van der Waals surface area (Å²) in [7, 11) is 1.62. The van der Waals surface area contributed by atoms with E-state index < -0.39 is 18.0 Å². The number of amides is 2. The Kier molecular flexibility index (Phi) is 5.36. The molecule has 5 nitrogen and oxygen atoms in total. The molecular formula is C14H20N2O3. The van der Waals surface area contributed by atoms with Gasteiger partial charge in [0.1, 0.15) is 6.04 Å². The quantitative estimate of drug-likeness (QED) is 0.857. The van der Waals surface area contributed by atoms with Crippen molar-refractivity contribution in [2.24, 2.45) is 0 Å². The molecule has 0 unspecified atom stereocenters. The van der Waals surface area contributed by atoms with Crippen LogP contribution in [0.3, 0.4) is 0 Å².